The summed E-state index contributed by atoms with van der Waals surface area (Å²) in [5, 5.41) is 12.5. The zero-order valence-electron chi connectivity index (χ0n) is 12.2. The third kappa shape index (κ3) is 3.73. The number of hydrogen-bond donors (Lipinski definition) is 2. The van der Waals surface area contributed by atoms with Crippen molar-refractivity contribution in [2.24, 2.45) is 5.92 Å². The van der Waals surface area contributed by atoms with Crippen molar-refractivity contribution in [1.29, 1.82) is 0 Å². The van der Waals surface area contributed by atoms with Gasteiger partial charge in [-0.1, -0.05) is 18.6 Å². The van der Waals surface area contributed by atoms with Gasteiger partial charge in [0.25, 0.3) is 5.91 Å². The van der Waals surface area contributed by atoms with Gasteiger partial charge < -0.3 is 15.2 Å². The van der Waals surface area contributed by atoms with E-state index in [-0.39, 0.29) is 24.5 Å². The minimum absolute atomic E-state index is 0.0209. The fourth-order valence-corrected chi connectivity index (χ4v) is 2.58. The molecule has 0 aliphatic heterocycles. The van der Waals surface area contributed by atoms with Gasteiger partial charge in [0.2, 0.25) is 0 Å². The molecule has 1 saturated carbocycles. The summed E-state index contributed by atoms with van der Waals surface area (Å²) in [6.07, 6.45) is 2.61. The van der Waals surface area contributed by atoms with Gasteiger partial charge in [-0.3, -0.25) is 4.79 Å². The lowest BCUT2D eigenvalue weighted by molar-refractivity contribution is -0.123. The van der Waals surface area contributed by atoms with E-state index in [4.69, 9.17) is 4.74 Å². The molecule has 4 nitrogen and oxygen atoms in total. The van der Waals surface area contributed by atoms with Gasteiger partial charge in [-0.05, 0) is 43.9 Å². The highest BCUT2D eigenvalue weighted by Gasteiger charge is 2.25. The normalized spacial score (nSPS) is 21.8. The first kappa shape index (κ1) is 14.9. The zero-order valence-corrected chi connectivity index (χ0v) is 12.2. The predicted molar refractivity (Wildman–Crippen MR) is 77.8 cm³/mol. The average molecular weight is 277 g/mol. The van der Waals surface area contributed by atoms with E-state index in [2.05, 4.69) is 5.32 Å². The maximum atomic E-state index is 11.8. The topological polar surface area (TPSA) is 58.6 Å². The SMILES string of the molecule is Cc1cccc(OCC(=O)NCC2CCCC2O)c1C. The summed E-state index contributed by atoms with van der Waals surface area (Å²) in [5.74, 6) is 0.811. The van der Waals surface area contributed by atoms with Crippen molar-refractivity contribution in [2.75, 3.05) is 13.2 Å². The molecular weight excluding hydrogens is 254 g/mol. The van der Waals surface area contributed by atoms with E-state index in [0.717, 1.165) is 36.1 Å². The van der Waals surface area contributed by atoms with Gasteiger partial charge in [0.15, 0.2) is 6.61 Å². The van der Waals surface area contributed by atoms with E-state index in [1.807, 2.05) is 32.0 Å². The van der Waals surface area contributed by atoms with Crippen LogP contribution in [-0.2, 0) is 4.79 Å². The van der Waals surface area contributed by atoms with Crippen molar-refractivity contribution < 1.29 is 14.6 Å². The molecule has 0 radical (unpaired) electrons. The lowest BCUT2D eigenvalue weighted by atomic mass is 10.1. The van der Waals surface area contributed by atoms with E-state index in [0.29, 0.717) is 6.54 Å². The van der Waals surface area contributed by atoms with Gasteiger partial charge >= 0.3 is 0 Å². The van der Waals surface area contributed by atoms with Crippen LogP contribution in [0.2, 0.25) is 0 Å². The second-order valence-electron chi connectivity index (χ2n) is 5.55. The molecule has 4 heteroatoms. The van der Waals surface area contributed by atoms with Gasteiger partial charge in [-0.2, -0.15) is 0 Å². The molecule has 1 aliphatic carbocycles. The van der Waals surface area contributed by atoms with Gasteiger partial charge in [-0.25, -0.2) is 0 Å². The van der Waals surface area contributed by atoms with Crippen LogP contribution < -0.4 is 10.1 Å². The number of carbonyl (C=O) groups excluding carboxylic acids is 1. The molecule has 2 unspecified atom stereocenters. The minimum atomic E-state index is -0.268. The molecule has 2 atom stereocenters. The maximum absolute atomic E-state index is 11.8. The molecule has 1 fully saturated rings. The second kappa shape index (κ2) is 6.75. The summed E-state index contributed by atoms with van der Waals surface area (Å²) in [6, 6.07) is 5.81. The Morgan fingerprint density at radius 2 is 2.20 bits per heavy atom. The van der Waals surface area contributed by atoms with Crippen LogP contribution in [0.15, 0.2) is 18.2 Å². The van der Waals surface area contributed by atoms with Crippen molar-refractivity contribution in [1.82, 2.24) is 5.32 Å². The Morgan fingerprint density at radius 1 is 1.40 bits per heavy atom. The average Bonchev–Trinajstić information content (AvgIpc) is 2.83. The molecule has 0 heterocycles. The van der Waals surface area contributed by atoms with Crippen LogP contribution in [0.3, 0.4) is 0 Å². The zero-order chi connectivity index (χ0) is 14.5. The first-order chi connectivity index (χ1) is 9.58. The third-order valence-electron chi connectivity index (χ3n) is 4.09. The fraction of sp³-hybridized carbons (Fsp3) is 0.562. The lowest BCUT2D eigenvalue weighted by Crippen LogP contribution is -2.35. The number of hydrogen-bond acceptors (Lipinski definition) is 3. The third-order valence-corrected chi connectivity index (χ3v) is 4.09. The van der Waals surface area contributed by atoms with E-state index >= 15 is 0 Å². The fourth-order valence-electron chi connectivity index (χ4n) is 2.58. The molecule has 0 bridgehead atoms. The van der Waals surface area contributed by atoms with Crippen LogP contribution in [0, 0.1) is 19.8 Å². The summed E-state index contributed by atoms with van der Waals surface area (Å²) >= 11 is 0. The Labute approximate surface area is 120 Å². The van der Waals surface area contributed by atoms with Gasteiger partial charge in [0.1, 0.15) is 5.75 Å². The standard InChI is InChI=1S/C16H23NO3/c1-11-5-3-8-15(12(11)2)20-10-16(19)17-9-13-6-4-7-14(13)18/h3,5,8,13-14,18H,4,6-7,9-10H2,1-2H3,(H,17,19). The largest absolute Gasteiger partial charge is 0.483 e. The highest BCUT2D eigenvalue weighted by Crippen LogP contribution is 2.24. The molecule has 1 aromatic rings. The van der Waals surface area contributed by atoms with E-state index in [1.54, 1.807) is 0 Å². The Hall–Kier alpha value is -1.55. The molecule has 1 amide bonds. The molecule has 0 aromatic heterocycles. The summed E-state index contributed by atoms with van der Waals surface area (Å²) in [4.78, 5) is 11.8. The Balaban J connectivity index is 1.76. The van der Waals surface area contributed by atoms with Crippen molar-refractivity contribution in [3.05, 3.63) is 29.3 Å². The molecule has 2 rings (SSSR count). The number of benzene rings is 1. The Morgan fingerprint density at radius 3 is 2.90 bits per heavy atom. The number of nitrogens with one attached hydrogen (secondary N) is 1. The quantitative estimate of drug-likeness (QED) is 0.865. The van der Waals surface area contributed by atoms with Crippen LogP contribution in [0.4, 0.5) is 0 Å². The van der Waals surface area contributed by atoms with Crippen molar-refractivity contribution in [3.8, 4) is 5.75 Å². The van der Waals surface area contributed by atoms with Crippen molar-refractivity contribution in [3.63, 3.8) is 0 Å². The van der Waals surface area contributed by atoms with E-state index in [9.17, 15) is 9.90 Å². The second-order valence-corrected chi connectivity index (χ2v) is 5.55. The highest BCUT2D eigenvalue weighted by atomic mass is 16.5. The smallest absolute Gasteiger partial charge is 0.257 e. The number of aryl methyl sites for hydroxylation is 1. The van der Waals surface area contributed by atoms with Crippen molar-refractivity contribution in [2.45, 2.75) is 39.2 Å². The van der Waals surface area contributed by atoms with E-state index in [1.165, 1.54) is 0 Å². The lowest BCUT2D eigenvalue weighted by Gasteiger charge is -2.15. The first-order valence-electron chi connectivity index (χ1n) is 7.21. The van der Waals surface area contributed by atoms with Crippen LogP contribution in [0.5, 0.6) is 5.75 Å². The number of carbonyl (C=O) groups is 1. The Kier molecular flexibility index (Phi) is 5.01. The Bertz CT molecular complexity index is 473. The van der Waals surface area contributed by atoms with Gasteiger partial charge in [0, 0.05) is 12.5 Å². The molecule has 1 aromatic carbocycles. The summed E-state index contributed by atoms with van der Waals surface area (Å²) < 4.78 is 5.55. The molecule has 0 saturated heterocycles. The van der Waals surface area contributed by atoms with Crippen LogP contribution in [0.25, 0.3) is 0 Å². The summed E-state index contributed by atoms with van der Waals surface area (Å²) in [7, 11) is 0. The summed E-state index contributed by atoms with van der Waals surface area (Å²) in [6.45, 7) is 4.56. The number of ether oxygens (including phenoxy) is 1. The van der Waals surface area contributed by atoms with Crippen LogP contribution in [-0.4, -0.2) is 30.3 Å². The minimum Gasteiger partial charge on any atom is -0.483 e. The van der Waals surface area contributed by atoms with Crippen molar-refractivity contribution >= 4 is 5.91 Å². The van der Waals surface area contributed by atoms with Crippen LogP contribution in [0.1, 0.15) is 30.4 Å². The predicted octanol–water partition coefficient (Wildman–Crippen LogP) is 1.96. The number of amides is 1. The highest BCUT2D eigenvalue weighted by molar-refractivity contribution is 5.77. The number of aliphatic hydroxyl groups excluding tert-OH is 1. The first-order valence-corrected chi connectivity index (χ1v) is 7.21. The molecule has 110 valence electrons. The van der Waals surface area contributed by atoms with Gasteiger partial charge in [0.05, 0.1) is 6.10 Å². The maximum Gasteiger partial charge on any atom is 0.257 e. The molecule has 1 aliphatic rings. The van der Waals surface area contributed by atoms with E-state index < -0.39 is 0 Å². The van der Waals surface area contributed by atoms with Gasteiger partial charge in [-0.15, -0.1) is 0 Å². The van der Waals surface area contributed by atoms with Crippen LogP contribution >= 0.6 is 0 Å². The molecule has 20 heavy (non-hydrogen) atoms. The molecular formula is C16H23NO3. The monoisotopic (exact) mass is 277 g/mol. The number of aliphatic hydroxyl groups is 1. The molecule has 0 spiro atoms. The number of rotatable bonds is 5. The summed E-state index contributed by atoms with van der Waals surface area (Å²) in [5.41, 5.74) is 2.21. The molecule has 2 N–H and O–H groups in total.